The van der Waals surface area contributed by atoms with Crippen molar-refractivity contribution in [1.29, 1.82) is 0 Å². The number of amides is 1. The lowest BCUT2D eigenvalue weighted by atomic mass is 10.2. The zero-order valence-electron chi connectivity index (χ0n) is 15.0. The Kier molecular flexibility index (Phi) is 8.31. The third-order valence-corrected chi connectivity index (χ3v) is 3.60. The maximum Gasteiger partial charge on any atom is 0.276 e. The molecule has 0 aliphatic rings. The molecule has 2 rings (SSSR count). The molecule has 0 saturated heterocycles. The molecular weight excluding hydrogens is 369 g/mol. The maximum absolute atomic E-state index is 12.9. The van der Waals surface area contributed by atoms with E-state index in [1.807, 2.05) is 13.0 Å². The van der Waals surface area contributed by atoms with Crippen molar-refractivity contribution in [3.63, 3.8) is 0 Å². The largest absolute Gasteiger partial charge is 0.490 e. The molecule has 3 N–H and O–H groups in total. The summed E-state index contributed by atoms with van der Waals surface area (Å²) in [5.41, 5.74) is 5.89. The van der Waals surface area contributed by atoms with Crippen molar-refractivity contribution >= 4 is 23.2 Å². The average molecular weight is 391 g/mol. The summed E-state index contributed by atoms with van der Waals surface area (Å²) in [6.07, 6.45) is 0.876. The number of nitrogens with one attached hydrogen (secondary N) is 3. The summed E-state index contributed by atoms with van der Waals surface area (Å²) < 4.78 is 23.9. The lowest BCUT2D eigenvalue weighted by Crippen LogP contribution is -2.48. The molecule has 6 nitrogen and oxygen atoms in total. The highest BCUT2D eigenvalue weighted by atomic mass is 32.1. The Labute approximate surface area is 163 Å². The van der Waals surface area contributed by atoms with Gasteiger partial charge in [0.15, 0.2) is 23.2 Å². The smallest absolute Gasteiger partial charge is 0.276 e. The normalized spacial score (nSPS) is 10.0. The van der Waals surface area contributed by atoms with Gasteiger partial charge in [0.25, 0.3) is 5.91 Å². The van der Waals surface area contributed by atoms with Crippen LogP contribution < -0.4 is 25.6 Å². The second kappa shape index (κ2) is 11.0. The average Bonchev–Trinajstić information content (AvgIpc) is 2.69. The summed E-state index contributed by atoms with van der Waals surface area (Å²) >= 11 is 5.07. The van der Waals surface area contributed by atoms with Gasteiger partial charge in [-0.25, -0.2) is 4.39 Å². The van der Waals surface area contributed by atoms with Crippen molar-refractivity contribution in [3.05, 3.63) is 59.9 Å². The first-order valence-corrected chi connectivity index (χ1v) is 8.91. The summed E-state index contributed by atoms with van der Waals surface area (Å²) in [5.74, 6) is 0.398. The van der Waals surface area contributed by atoms with Crippen molar-refractivity contribution in [2.75, 3.05) is 13.2 Å². The summed E-state index contributed by atoms with van der Waals surface area (Å²) in [4.78, 5) is 11.9. The quantitative estimate of drug-likeness (QED) is 0.475. The summed E-state index contributed by atoms with van der Waals surface area (Å²) in [7, 11) is 0. The number of benzene rings is 2. The zero-order valence-corrected chi connectivity index (χ0v) is 15.8. The van der Waals surface area contributed by atoms with Crippen LogP contribution in [0.4, 0.5) is 4.39 Å². The van der Waals surface area contributed by atoms with E-state index in [9.17, 15) is 9.18 Å². The second-order valence-electron chi connectivity index (χ2n) is 5.57. The Bertz CT molecular complexity index is 756. The zero-order chi connectivity index (χ0) is 19.5. The standard InChI is InChI=1S/C19H22FN3O3S/c1-2-11-25-16-5-3-4-6-17(16)26-13-18(24)22-23-19(27)21-12-14-7-9-15(20)10-8-14/h3-10H,2,11-13H2,1H3,(H,22,24)(H2,21,23,27). The van der Waals surface area contributed by atoms with Crippen molar-refractivity contribution in [2.45, 2.75) is 19.9 Å². The number of hydrogen-bond acceptors (Lipinski definition) is 4. The van der Waals surface area contributed by atoms with E-state index in [0.717, 1.165) is 12.0 Å². The fourth-order valence-corrected chi connectivity index (χ4v) is 2.16. The van der Waals surface area contributed by atoms with Gasteiger partial charge >= 0.3 is 0 Å². The van der Waals surface area contributed by atoms with E-state index in [1.54, 1.807) is 30.3 Å². The van der Waals surface area contributed by atoms with Crippen LogP contribution in [0.5, 0.6) is 11.5 Å². The molecular formula is C19H22FN3O3S. The first-order valence-electron chi connectivity index (χ1n) is 8.50. The minimum atomic E-state index is -0.397. The van der Waals surface area contributed by atoms with Crippen molar-refractivity contribution in [2.24, 2.45) is 0 Å². The van der Waals surface area contributed by atoms with Gasteiger partial charge in [0, 0.05) is 6.54 Å². The van der Waals surface area contributed by atoms with Gasteiger partial charge in [0.2, 0.25) is 0 Å². The minimum Gasteiger partial charge on any atom is -0.490 e. The molecule has 0 radical (unpaired) electrons. The van der Waals surface area contributed by atoms with Crippen molar-refractivity contribution in [1.82, 2.24) is 16.2 Å². The number of para-hydroxylation sites is 2. The summed E-state index contributed by atoms with van der Waals surface area (Å²) in [6, 6.07) is 13.2. The van der Waals surface area contributed by atoms with Gasteiger partial charge in [-0.05, 0) is 48.5 Å². The molecule has 0 aliphatic heterocycles. The lowest BCUT2D eigenvalue weighted by Gasteiger charge is -2.14. The Hall–Kier alpha value is -2.87. The van der Waals surface area contributed by atoms with E-state index < -0.39 is 5.91 Å². The molecule has 0 aromatic heterocycles. The molecule has 144 valence electrons. The number of rotatable bonds is 8. The van der Waals surface area contributed by atoms with Crippen LogP contribution in [0.3, 0.4) is 0 Å². The molecule has 0 saturated carbocycles. The highest BCUT2D eigenvalue weighted by molar-refractivity contribution is 7.80. The molecule has 2 aromatic carbocycles. The maximum atomic E-state index is 12.9. The van der Waals surface area contributed by atoms with Gasteiger partial charge in [0.1, 0.15) is 5.82 Å². The number of hydrogen-bond donors (Lipinski definition) is 3. The molecule has 0 aliphatic carbocycles. The number of thiocarbonyl (C=S) groups is 1. The highest BCUT2D eigenvalue weighted by Crippen LogP contribution is 2.26. The number of hydrazine groups is 1. The lowest BCUT2D eigenvalue weighted by molar-refractivity contribution is -0.123. The molecule has 0 bridgehead atoms. The molecule has 0 heterocycles. The third-order valence-electron chi connectivity index (χ3n) is 3.35. The van der Waals surface area contributed by atoms with Crippen molar-refractivity contribution < 1.29 is 18.7 Å². The summed E-state index contributed by atoms with van der Waals surface area (Å²) in [6.45, 7) is 2.79. The summed E-state index contributed by atoms with van der Waals surface area (Å²) in [5, 5.41) is 3.14. The van der Waals surface area contributed by atoms with Crippen LogP contribution in [0, 0.1) is 5.82 Å². The van der Waals surface area contributed by atoms with Gasteiger partial charge in [0.05, 0.1) is 6.61 Å². The van der Waals surface area contributed by atoms with E-state index in [-0.39, 0.29) is 17.5 Å². The Balaban J connectivity index is 1.70. The van der Waals surface area contributed by atoms with Crippen LogP contribution in [0.15, 0.2) is 48.5 Å². The number of ether oxygens (including phenoxy) is 2. The predicted octanol–water partition coefficient (Wildman–Crippen LogP) is 2.69. The van der Waals surface area contributed by atoms with Gasteiger partial charge in [-0.3, -0.25) is 15.6 Å². The molecule has 1 amide bonds. The number of halogens is 1. The van der Waals surface area contributed by atoms with Crippen LogP contribution >= 0.6 is 12.2 Å². The van der Waals surface area contributed by atoms with Crippen LogP contribution in [0.1, 0.15) is 18.9 Å². The minimum absolute atomic E-state index is 0.194. The number of carbonyl (C=O) groups excluding carboxylic acids is 1. The SMILES string of the molecule is CCCOc1ccccc1OCC(=O)NNC(=S)NCc1ccc(F)cc1. The molecule has 27 heavy (non-hydrogen) atoms. The highest BCUT2D eigenvalue weighted by Gasteiger charge is 2.08. The van der Waals surface area contributed by atoms with Crippen LogP contribution in [0.25, 0.3) is 0 Å². The van der Waals surface area contributed by atoms with Gasteiger partial charge in [-0.1, -0.05) is 31.2 Å². The van der Waals surface area contributed by atoms with Gasteiger partial charge < -0.3 is 14.8 Å². The van der Waals surface area contributed by atoms with Gasteiger partial charge in [-0.2, -0.15) is 0 Å². The molecule has 2 aromatic rings. The van der Waals surface area contributed by atoms with Gasteiger partial charge in [-0.15, -0.1) is 0 Å². The molecule has 8 heteroatoms. The van der Waals surface area contributed by atoms with Crippen LogP contribution in [-0.4, -0.2) is 24.2 Å². The molecule has 0 fully saturated rings. The fourth-order valence-electron chi connectivity index (χ4n) is 2.04. The second-order valence-corrected chi connectivity index (χ2v) is 5.97. The monoisotopic (exact) mass is 391 g/mol. The Morgan fingerprint density at radius 3 is 2.37 bits per heavy atom. The predicted molar refractivity (Wildman–Crippen MR) is 105 cm³/mol. The fraction of sp³-hybridized carbons (Fsp3) is 0.263. The molecule has 0 unspecified atom stereocenters. The Morgan fingerprint density at radius 2 is 1.70 bits per heavy atom. The molecule has 0 spiro atoms. The Morgan fingerprint density at radius 1 is 1.04 bits per heavy atom. The first-order chi connectivity index (χ1) is 13.1. The van der Waals surface area contributed by atoms with Crippen LogP contribution in [0.2, 0.25) is 0 Å². The number of carbonyl (C=O) groups is 1. The van der Waals surface area contributed by atoms with E-state index in [4.69, 9.17) is 21.7 Å². The third kappa shape index (κ3) is 7.49. The van der Waals surface area contributed by atoms with E-state index in [2.05, 4.69) is 16.2 Å². The molecule has 0 atom stereocenters. The van der Waals surface area contributed by atoms with Crippen LogP contribution in [-0.2, 0) is 11.3 Å². The first kappa shape index (κ1) is 20.4. The van der Waals surface area contributed by atoms with E-state index in [1.165, 1.54) is 12.1 Å². The topological polar surface area (TPSA) is 71.6 Å². The van der Waals surface area contributed by atoms with Crippen molar-refractivity contribution in [3.8, 4) is 11.5 Å². The van der Waals surface area contributed by atoms with E-state index >= 15 is 0 Å². The van der Waals surface area contributed by atoms with E-state index in [0.29, 0.717) is 24.7 Å².